The number of aliphatic carboxylic acids is 1. The van der Waals surface area contributed by atoms with E-state index in [-0.39, 0.29) is 5.75 Å². The number of esters is 1. The van der Waals surface area contributed by atoms with Gasteiger partial charge < -0.3 is 19.9 Å². The van der Waals surface area contributed by atoms with Crippen LogP contribution in [0.2, 0.25) is 0 Å². The van der Waals surface area contributed by atoms with E-state index in [4.69, 9.17) is 9.84 Å². The molecule has 0 unspecified atom stereocenters. The van der Waals surface area contributed by atoms with Crippen LogP contribution in [0.15, 0.2) is 0 Å². The molecule has 0 saturated carbocycles. The van der Waals surface area contributed by atoms with Crippen LogP contribution in [-0.4, -0.2) is 46.8 Å². The van der Waals surface area contributed by atoms with Gasteiger partial charge in [0.15, 0.2) is 0 Å². The summed E-state index contributed by atoms with van der Waals surface area (Å²) in [6.07, 6.45) is 0. The van der Waals surface area contributed by atoms with Gasteiger partial charge in [0.25, 0.3) is 0 Å². The molecule has 0 rings (SSSR count). The zero-order chi connectivity index (χ0) is 16.6. The van der Waals surface area contributed by atoms with E-state index in [0.29, 0.717) is 11.8 Å². The van der Waals surface area contributed by atoms with Gasteiger partial charge in [-0.3, -0.25) is 9.59 Å². The average molecular weight is 321 g/mol. The van der Waals surface area contributed by atoms with E-state index in [2.05, 4.69) is 10.1 Å². The van der Waals surface area contributed by atoms with Crippen LogP contribution in [0.1, 0.15) is 27.7 Å². The molecule has 0 fully saturated rings. The van der Waals surface area contributed by atoms with E-state index in [0.717, 1.165) is 0 Å². The van der Waals surface area contributed by atoms with E-state index >= 15 is 0 Å². The summed E-state index contributed by atoms with van der Waals surface area (Å²) in [6.45, 7) is 5.58. The van der Waals surface area contributed by atoms with Crippen molar-refractivity contribution in [2.75, 3.05) is 12.5 Å². The highest BCUT2D eigenvalue weighted by Crippen LogP contribution is 2.15. The van der Waals surface area contributed by atoms with Crippen molar-refractivity contribution in [1.29, 1.82) is 0 Å². The Balaban J connectivity index is 4.07. The SMILES string of the molecule is CC(=O)N[C@@H](CSC(=O)OCOC(=O)C(C)(C)C)C(=O)O. The first-order valence-electron chi connectivity index (χ1n) is 6.00. The number of amides is 1. The third-order valence-corrected chi connectivity index (χ3v) is 2.88. The van der Waals surface area contributed by atoms with Crippen LogP contribution in [0.5, 0.6) is 0 Å². The van der Waals surface area contributed by atoms with E-state index in [9.17, 15) is 19.2 Å². The minimum atomic E-state index is -1.26. The van der Waals surface area contributed by atoms with Gasteiger partial charge in [-0.25, -0.2) is 9.59 Å². The lowest BCUT2D eigenvalue weighted by molar-refractivity contribution is -0.160. The summed E-state index contributed by atoms with van der Waals surface area (Å²) < 4.78 is 9.33. The Bertz CT molecular complexity index is 416. The van der Waals surface area contributed by atoms with Crippen molar-refractivity contribution in [2.24, 2.45) is 5.41 Å². The maximum absolute atomic E-state index is 11.4. The predicted molar refractivity (Wildman–Crippen MR) is 74.6 cm³/mol. The molecule has 0 heterocycles. The largest absolute Gasteiger partial charge is 0.480 e. The first-order valence-corrected chi connectivity index (χ1v) is 6.99. The van der Waals surface area contributed by atoms with Gasteiger partial charge in [-0.05, 0) is 32.5 Å². The normalized spacial score (nSPS) is 12.2. The molecule has 1 amide bonds. The monoisotopic (exact) mass is 321 g/mol. The molecule has 0 aliphatic heterocycles. The molecule has 0 aromatic heterocycles. The van der Waals surface area contributed by atoms with Gasteiger partial charge in [-0.15, -0.1) is 0 Å². The number of ether oxygens (including phenoxy) is 2. The van der Waals surface area contributed by atoms with Crippen molar-refractivity contribution in [3.8, 4) is 0 Å². The number of thioether (sulfide) groups is 1. The summed E-state index contributed by atoms with van der Waals surface area (Å²) in [5, 5.41) is 10.2. The lowest BCUT2D eigenvalue weighted by Crippen LogP contribution is -2.41. The maximum atomic E-state index is 11.4. The summed E-state index contributed by atoms with van der Waals surface area (Å²) in [5.74, 6) is -2.50. The van der Waals surface area contributed by atoms with E-state index in [1.165, 1.54) is 6.92 Å². The molecule has 1 atom stereocenters. The van der Waals surface area contributed by atoms with E-state index < -0.39 is 41.4 Å². The molecule has 9 heteroatoms. The summed E-state index contributed by atoms with van der Waals surface area (Å²) in [5.41, 5.74) is -0.709. The number of carboxylic acid groups (broad SMARTS) is 1. The predicted octanol–water partition coefficient (Wildman–Crippen LogP) is 0.992. The fraction of sp³-hybridized carbons (Fsp3) is 0.667. The molecule has 8 nitrogen and oxygen atoms in total. The molecule has 120 valence electrons. The highest BCUT2D eigenvalue weighted by Gasteiger charge is 2.24. The highest BCUT2D eigenvalue weighted by atomic mass is 32.2. The fourth-order valence-corrected chi connectivity index (χ4v) is 1.62. The van der Waals surface area contributed by atoms with Crippen molar-refractivity contribution >= 4 is 34.9 Å². The van der Waals surface area contributed by atoms with Gasteiger partial charge in [-0.1, -0.05) is 0 Å². The first-order chi connectivity index (χ1) is 9.54. The zero-order valence-corrected chi connectivity index (χ0v) is 13.1. The molecular weight excluding hydrogens is 302 g/mol. The number of hydrogen-bond acceptors (Lipinski definition) is 7. The first kappa shape index (κ1) is 19.2. The van der Waals surface area contributed by atoms with Gasteiger partial charge >= 0.3 is 17.2 Å². The standard InChI is InChI=1S/C12H19NO7S/c1-7(14)13-8(9(15)16)5-21-11(18)20-6-19-10(17)12(2,3)4/h8H,5-6H2,1-4H3,(H,13,14)(H,15,16)/t8-/m0/s1. The second-order valence-corrected chi connectivity index (χ2v) is 6.05. The number of carbonyl (C=O) groups is 4. The lowest BCUT2D eigenvalue weighted by atomic mass is 9.98. The average Bonchev–Trinajstić information content (AvgIpc) is 2.32. The Labute approximate surface area is 126 Å². The van der Waals surface area contributed by atoms with Crippen LogP contribution in [0.4, 0.5) is 4.79 Å². The van der Waals surface area contributed by atoms with Crippen LogP contribution in [-0.2, 0) is 23.9 Å². The van der Waals surface area contributed by atoms with Crippen molar-refractivity contribution in [2.45, 2.75) is 33.7 Å². The van der Waals surface area contributed by atoms with Crippen LogP contribution in [0.25, 0.3) is 0 Å². The third kappa shape index (κ3) is 8.90. The van der Waals surface area contributed by atoms with Gasteiger partial charge in [0, 0.05) is 12.7 Å². The Morgan fingerprint density at radius 2 is 1.76 bits per heavy atom. The second kappa shape index (κ2) is 8.50. The number of rotatable bonds is 6. The van der Waals surface area contributed by atoms with Gasteiger partial charge in [0.1, 0.15) is 6.04 Å². The minimum absolute atomic E-state index is 0.193. The number of carbonyl (C=O) groups excluding carboxylic acids is 3. The van der Waals surface area contributed by atoms with Crippen LogP contribution < -0.4 is 5.32 Å². The molecule has 0 aromatic rings. The smallest absolute Gasteiger partial charge is 0.370 e. The molecule has 2 N–H and O–H groups in total. The Morgan fingerprint density at radius 3 is 2.19 bits per heavy atom. The Morgan fingerprint density at radius 1 is 1.19 bits per heavy atom. The molecular formula is C12H19NO7S. The van der Waals surface area contributed by atoms with Gasteiger partial charge in [0.2, 0.25) is 12.7 Å². The fourth-order valence-electron chi connectivity index (χ4n) is 0.961. The third-order valence-electron chi connectivity index (χ3n) is 2.02. The molecule has 0 saturated heterocycles. The van der Waals surface area contributed by atoms with Crippen LogP contribution in [0.3, 0.4) is 0 Å². The van der Waals surface area contributed by atoms with Crippen molar-refractivity contribution in [3.05, 3.63) is 0 Å². The zero-order valence-electron chi connectivity index (χ0n) is 12.3. The number of nitrogens with one attached hydrogen (secondary N) is 1. The summed E-state index contributed by atoms with van der Waals surface area (Å²) >= 11 is 0.566. The maximum Gasteiger partial charge on any atom is 0.370 e. The molecule has 21 heavy (non-hydrogen) atoms. The minimum Gasteiger partial charge on any atom is -0.480 e. The second-order valence-electron chi connectivity index (χ2n) is 5.10. The number of carboxylic acids is 1. The van der Waals surface area contributed by atoms with Crippen molar-refractivity contribution < 1.29 is 33.8 Å². The summed E-state index contributed by atoms with van der Waals surface area (Å²) in [6, 6.07) is -1.20. The van der Waals surface area contributed by atoms with Gasteiger partial charge in [0.05, 0.1) is 5.41 Å². The van der Waals surface area contributed by atoms with Gasteiger partial charge in [-0.2, -0.15) is 0 Å². The highest BCUT2D eigenvalue weighted by molar-refractivity contribution is 8.13. The summed E-state index contributed by atoms with van der Waals surface area (Å²) in [7, 11) is 0. The number of hydrogen-bond donors (Lipinski definition) is 2. The topological polar surface area (TPSA) is 119 Å². The quantitative estimate of drug-likeness (QED) is 0.549. The molecule has 0 aliphatic rings. The Hall–Kier alpha value is -1.77. The molecule has 0 radical (unpaired) electrons. The van der Waals surface area contributed by atoms with E-state index in [1.54, 1.807) is 20.8 Å². The molecule has 0 aromatic carbocycles. The van der Waals surface area contributed by atoms with Crippen molar-refractivity contribution in [3.63, 3.8) is 0 Å². The van der Waals surface area contributed by atoms with Crippen molar-refractivity contribution in [1.82, 2.24) is 5.32 Å². The Kier molecular flexibility index (Phi) is 7.79. The molecule has 0 bridgehead atoms. The van der Waals surface area contributed by atoms with Crippen LogP contribution >= 0.6 is 11.8 Å². The summed E-state index contributed by atoms with van der Waals surface area (Å²) in [4.78, 5) is 44.3. The molecule has 0 spiro atoms. The lowest BCUT2D eigenvalue weighted by Gasteiger charge is -2.16. The van der Waals surface area contributed by atoms with Crippen LogP contribution in [0, 0.1) is 5.41 Å². The van der Waals surface area contributed by atoms with E-state index in [1.807, 2.05) is 0 Å². The molecule has 0 aliphatic carbocycles.